The van der Waals surface area contributed by atoms with E-state index in [0.29, 0.717) is 38.2 Å². The molecule has 23 heavy (non-hydrogen) atoms. The Hall–Kier alpha value is -2.55. The number of hydrogen-bond acceptors (Lipinski definition) is 4. The van der Waals surface area contributed by atoms with Crippen molar-refractivity contribution in [3.63, 3.8) is 0 Å². The molecule has 2 rings (SSSR count). The molecule has 0 aromatic carbocycles. The van der Waals surface area contributed by atoms with Crippen LogP contribution in [0.4, 0.5) is 0 Å². The van der Waals surface area contributed by atoms with E-state index in [1.54, 1.807) is 30.3 Å². The third-order valence-corrected chi connectivity index (χ3v) is 3.73. The molecule has 1 aromatic rings. The minimum atomic E-state index is -0.0287. The number of piperidine rings is 1. The van der Waals surface area contributed by atoms with Crippen LogP contribution in [0.15, 0.2) is 24.5 Å². The highest BCUT2D eigenvalue weighted by molar-refractivity contribution is 5.79. The average Bonchev–Trinajstić information content (AvgIpc) is 2.58. The molecule has 6 heteroatoms. The lowest BCUT2D eigenvalue weighted by atomic mass is 9.96. The van der Waals surface area contributed by atoms with Crippen LogP contribution in [0.25, 0.3) is 0 Å². The summed E-state index contributed by atoms with van der Waals surface area (Å²) in [4.78, 5) is 29.0. The number of rotatable bonds is 4. The van der Waals surface area contributed by atoms with Crippen LogP contribution < -0.4 is 10.1 Å². The number of likely N-dealkylation sites (tertiary alicyclic amines) is 1. The van der Waals surface area contributed by atoms with Crippen molar-refractivity contribution < 1.29 is 14.3 Å². The molecule has 0 atom stereocenters. The molecule has 1 aromatic heterocycles. The predicted molar refractivity (Wildman–Crippen MR) is 85.5 cm³/mol. The first kappa shape index (κ1) is 16.8. The van der Waals surface area contributed by atoms with Crippen molar-refractivity contribution in [3.05, 3.63) is 24.5 Å². The van der Waals surface area contributed by atoms with E-state index in [0.717, 1.165) is 0 Å². The fourth-order valence-corrected chi connectivity index (χ4v) is 2.40. The van der Waals surface area contributed by atoms with E-state index in [1.807, 2.05) is 6.07 Å². The Kier molecular flexibility index (Phi) is 6.42. The van der Waals surface area contributed by atoms with Crippen LogP contribution in [-0.4, -0.2) is 47.9 Å². The zero-order valence-electron chi connectivity index (χ0n) is 13.2. The van der Waals surface area contributed by atoms with E-state index in [1.165, 1.54) is 0 Å². The molecule has 0 saturated carbocycles. The van der Waals surface area contributed by atoms with Gasteiger partial charge in [0.2, 0.25) is 11.8 Å². The Morgan fingerprint density at radius 2 is 2.17 bits per heavy atom. The molecule has 1 saturated heterocycles. The van der Waals surface area contributed by atoms with Gasteiger partial charge in [-0.3, -0.25) is 14.6 Å². The van der Waals surface area contributed by atoms with Gasteiger partial charge < -0.3 is 15.0 Å². The Labute approximate surface area is 136 Å². The lowest BCUT2D eigenvalue weighted by Gasteiger charge is -2.30. The number of pyridine rings is 1. The first-order valence-corrected chi connectivity index (χ1v) is 7.68. The van der Waals surface area contributed by atoms with Crippen molar-refractivity contribution in [3.8, 4) is 17.6 Å². The summed E-state index contributed by atoms with van der Waals surface area (Å²) in [6.07, 6.45) is 4.72. The Morgan fingerprint density at radius 3 is 2.83 bits per heavy atom. The fraction of sp³-hybridized carbons (Fsp3) is 0.471. The molecule has 1 N–H and O–H groups in total. The predicted octanol–water partition coefficient (Wildman–Crippen LogP) is 0.838. The molecule has 0 unspecified atom stereocenters. The van der Waals surface area contributed by atoms with Crippen molar-refractivity contribution in [2.24, 2.45) is 5.92 Å². The first-order valence-electron chi connectivity index (χ1n) is 7.68. The summed E-state index contributed by atoms with van der Waals surface area (Å²) < 4.78 is 5.38. The third-order valence-electron chi connectivity index (χ3n) is 3.73. The molecule has 6 nitrogen and oxygen atoms in total. The number of nitrogens with one attached hydrogen (secondary N) is 1. The molecule has 2 amide bonds. The monoisotopic (exact) mass is 315 g/mol. The van der Waals surface area contributed by atoms with E-state index in [-0.39, 0.29) is 24.3 Å². The molecular weight excluding hydrogens is 294 g/mol. The molecular formula is C17H21N3O3. The minimum absolute atomic E-state index is 0.00989. The maximum absolute atomic E-state index is 12.0. The first-order chi connectivity index (χ1) is 11.2. The highest BCUT2D eigenvalue weighted by atomic mass is 16.5. The lowest BCUT2D eigenvalue weighted by molar-refractivity contribution is -0.133. The maximum Gasteiger partial charge on any atom is 0.223 e. The molecule has 0 aliphatic carbocycles. The normalized spacial score (nSPS) is 14.6. The second-order valence-corrected chi connectivity index (χ2v) is 5.33. The summed E-state index contributed by atoms with van der Waals surface area (Å²) in [6, 6.07) is 3.60. The van der Waals surface area contributed by atoms with Gasteiger partial charge in [-0.1, -0.05) is 11.8 Å². The summed E-state index contributed by atoms with van der Waals surface area (Å²) >= 11 is 0. The molecule has 1 aliphatic rings. The largest absolute Gasteiger partial charge is 0.479 e. The maximum atomic E-state index is 12.0. The number of hydrogen-bond donors (Lipinski definition) is 1. The fourth-order valence-electron chi connectivity index (χ4n) is 2.40. The summed E-state index contributed by atoms with van der Waals surface area (Å²) in [6.45, 7) is 3.43. The van der Waals surface area contributed by atoms with Crippen LogP contribution in [0.3, 0.4) is 0 Å². The van der Waals surface area contributed by atoms with Crippen LogP contribution in [0.5, 0.6) is 5.75 Å². The van der Waals surface area contributed by atoms with Crippen molar-refractivity contribution in [1.82, 2.24) is 15.2 Å². The Morgan fingerprint density at radius 1 is 1.39 bits per heavy atom. The molecule has 0 spiro atoms. The smallest absolute Gasteiger partial charge is 0.223 e. The molecule has 1 aliphatic heterocycles. The van der Waals surface area contributed by atoms with Gasteiger partial charge in [0.05, 0.1) is 12.7 Å². The molecule has 1 fully saturated rings. The second kappa shape index (κ2) is 8.79. The lowest BCUT2D eigenvalue weighted by Crippen LogP contribution is -2.42. The van der Waals surface area contributed by atoms with Crippen LogP contribution in [0.1, 0.15) is 19.8 Å². The van der Waals surface area contributed by atoms with Crippen LogP contribution >= 0.6 is 0 Å². The van der Waals surface area contributed by atoms with E-state index >= 15 is 0 Å². The van der Waals surface area contributed by atoms with E-state index in [9.17, 15) is 9.59 Å². The number of nitrogens with zero attached hydrogens (tertiary/aromatic N) is 2. The Bertz CT molecular complexity index is 584. The topological polar surface area (TPSA) is 71.5 Å². The van der Waals surface area contributed by atoms with Gasteiger partial charge in [0.15, 0.2) is 0 Å². The van der Waals surface area contributed by atoms with Crippen LogP contribution in [0.2, 0.25) is 0 Å². The van der Waals surface area contributed by atoms with E-state index in [2.05, 4.69) is 22.1 Å². The summed E-state index contributed by atoms with van der Waals surface area (Å²) in [5.41, 5.74) is 0. The van der Waals surface area contributed by atoms with Crippen molar-refractivity contribution in [2.45, 2.75) is 19.8 Å². The zero-order chi connectivity index (χ0) is 16.5. The van der Waals surface area contributed by atoms with Crippen molar-refractivity contribution in [2.75, 3.05) is 26.2 Å². The number of carbonyl (C=O) groups excluding carboxylic acids is 2. The molecule has 0 bridgehead atoms. The van der Waals surface area contributed by atoms with Gasteiger partial charge in [-0.15, -0.1) is 0 Å². The van der Waals surface area contributed by atoms with Gasteiger partial charge in [-0.05, 0) is 25.0 Å². The highest BCUT2D eigenvalue weighted by Gasteiger charge is 2.25. The standard InChI is InChI=1S/C17H21N3O3/c1-14(21)20-10-6-15(7-11-20)17(22)19-9-2-3-12-23-16-5-4-8-18-13-16/h4-5,8,13,15H,6-7,9-12H2,1H3,(H,19,22). The van der Waals surface area contributed by atoms with Crippen LogP contribution in [0, 0.1) is 17.8 Å². The summed E-state index contributed by atoms with van der Waals surface area (Å²) in [7, 11) is 0. The van der Waals surface area contributed by atoms with Gasteiger partial charge in [0, 0.05) is 32.1 Å². The SMILES string of the molecule is CC(=O)N1CCC(C(=O)NCC#CCOc2cccnc2)CC1. The quantitative estimate of drug-likeness (QED) is 0.836. The van der Waals surface area contributed by atoms with Gasteiger partial charge >= 0.3 is 0 Å². The second-order valence-electron chi connectivity index (χ2n) is 5.33. The number of aromatic nitrogens is 1. The molecule has 122 valence electrons. The number of ether oxygens (including phenoxy) is 1. The summed E-state index contributed by atoms with van der Waals surface area (Å²) in [5.74, 6) is 6.43. The van der Waals surface area contributed by atoms with Gasteiger partial charge in [0.1, 0.15) is 12.4 Å². The van der Waals surface area contributed by atoms with Crippen molar-refractivity contribution in [1.29, 1.82) is 0 Å². The van der Waals surface area contributed by atoms with Gasteiger partial charge in [0.25, 0.3) is 0 Å². The highest BCUT2D eigenvalue weighted by Crippen LogP contribution is 2.17. The van der Waals surface area contributed by atoms with E-state index < -0.39 is 0 Å². The summed E-state index contributed by atoms with van der Waals surface area (Å²) in [5, 5.41) is 2.81. The van der Waals surface area contributed by atoms with Crippen LogP contribution in [-0.2, 0) is 9.59 Å². The third kappa shape index (κ3) is 5.62. The average molecular weight is 315 g/mol. The van der Waals surface area contributed by atoms with Gasteiger partial charge in [-0.25, -0.2) is 0 Å². The number of amides is 2. The Balaban J connectivity index is 1.62. The minimum Gasteiger partial charge on any atom is -0.479 e. The number of carbonyl (C=O) groups is 2. The molecule has 0 radical (unpaired) electrons. The van der Waals surface area contributed by atoms with Crippen molar-refractivity contribution >= 4 is 11.8 Å². The molecule has 2 heterocycles. The van der Waals surface area contributed by atoms with Gasteiger partial charge in [-0.2, -0.15) is 0 Å². The van der Waals surface area contributed by atoms with E-state index in [4.69, 9.17) is 4.74 Å². The zero-order valence-corrected chi connectivity index (χ0v) is 13.2.